The van der Waals surface area contributed by atoms with Gasteiger partial charge in [-0.2, -0.15) is 0 Å². The van der Waals surface area contributed by atoms with Crippen LogP contribution in [0.1, 0.15) is 43.2 Å². The van der Waals surface area contributed by atoms with Crippen LogP contribution in [-0.4, -0.2) is 28.9 Å². The Morgan fingerprint density at radius 2 is 2.00 bits per heavy atom. The van der Waals surface area contributed by atoms with Gasteiger partial charge in [0, 0.05) is 30.4 Å². The Labute approximate surface area is 96.5 Å². The van der Waals surface area contributed by atoms with Gasteiger partial charge in [0.15, 0.2) is 0 Å². The van der Waals surface area contributed by atoms with E-state index in [1.54, 1.807) is 6.20 Å². The summed E-state index contributed by atoms with van der Waals surface area (Å²) in [5.74, 6) is 0.110. The number of pyridine rings is 1. The number of nitrogens with zero attached hydrogens (tertiary/aromatic N) is 2. The second-order valence-corrected chi connectivity index (χ2v) is 5.33. The summed E-state index contributed by atoms with van der Waals surface area (Å²) in [7, 11) is 0. The predicted octanol–water partition coefficient (Wildman–Crippen LogP) is 2.23. The topological polar surface area (TPSA) is 33.2 Å². The molecule has 0 N–H and O–H groups in total. The van der Waals surface area contributed by atoms with Gasteiger partial charge in [0.05, 0.1) is 5.56 Å². The fraction of sp³-hybridized carbons (Fsp3) is 0.538. The van der Waals surface area contributed by atoms with E-state index in [1.807, 2.05) is 17.0 Å². The monoisotopic (exact) mass is 218 g/mol. The smallest absolute Gasteiger partial charge is 0.255 e. The van der Waals surface area contributed by atoms with Crippen LogP contribution < -0.4 is 0 Å². The summed E-state index contributed by atoms with van der Waals surface area (Å²) in [4.78, 5) is 18.1. The molecule has 2 heterocycles. The van der Waals surface area contributed by atoms with Crippen LogP contribution >= 0.6 is 0 Å². The zero-order chi connectivity index (χ0) is 11.8. The number of aromatic nitrogens is 1. The molecule has 3 nitrogen and oxygen atoms in total. The van der Waals surface area contributed by atoms with Gasteiger partial charge in [0.1, 0.15) is 0 Å². The maximum absolute atomic E-state index is 11.9. The Kier molecular flexibility index (Phi) is 2.70. The molecule has 0 radical (unpaired) electrons. The fourth-order valence-corrected chi connectivity index (χ4v) is 1.67. The lowest BCUT2D eigenvalue weighted by atomic mass is 9.91. The van der Waals surface area contributed by atoms with E-state index in [1.165, 1.54) is 0 Å². The van der Waals surface area contributed by atoms with Crippen LogP contribution in [-0.2, 0) is 5.41 Å². The van der Waals surface area contributed by atoms with E-state index < -0.39 is 0 Å². The first kappa shape index (κ1) is 11.1. The van der Waals surface area contributed by atoms with Crippen molar-refractivity contribution in [2.45, 2.75) is 32.6 Å². The van der Waals surface area contributed by atoms with Crippen molar-refractivity contribution >= 4 is 5.91 Å². The highest BCUT2D eigenvalue weighted by Crippen LogP contribution is 2.20. The van der Waals surface area contributed by atoms with E-state index in [-0.39, 0.29) is 11.3 Å². The van der Waals surface area contributed by atoms with Crippen LogP contribution in [0, 0.1) is 0 Å². The van der Waals surface area contributed by atoms with Gasteiger partial charge in [0.25, 0.3) is 5.91 Å². The first-order valence-corrected chi connectivity index (χ1v) is 5.74. The minimum absolute atomic E-state index is 0.0400. The van der Waals surface area contributed by atoms with Crippen LogP contribution in [0.2, 0.25) is 0 Å². The molecule has 1 aliphatic heterocycles. The van der Waals surface area contributed by atoms with Gasteiger partial charge in [-0.1, -0.05) is 20.8 Å². The van der Waals surface area contributed by atoms with Gasteiger partial charge in [-0.05, 0) is 18.6 Å². The summed E-state index contributed by atoms with van der Waals surface area (Å²) in [6.07, 6.45) is 2.82. The summed E-state index contributed by atoms with van der Waals surface area (Å²) < 4.78 is 0. The number of likely N-dealkylation sites (tertiary alicyclic amines) is 1. The van der Waals surface area contributed by atoms with Gasteiger partial charge in [-0.3, -0.25) is 9.78 Å². The molecule has 0 saturated carbocycles. The molecule has 1 amide bonds. The van der Waals surface area contributed by atoms with Crippen molar-refractivity contribution in [2.24, 2.45) is 0 Å². The first-order valence-electron chi connectivity index (χ1n) is 5.74. The second-order valence-electron chi connectivity index (χ2n) is 5.33. The maximum atomic E-state index is 11.9. The highest BCUT2D eigenvalue weighted by molar-refractivity contribution is 5.94. The Balaban J connectivity index is 2.15. The van der Waals surface area contributed by atoms with Crippen LogP contribution in [0.3, 0.4) is 0 Å². The van der Waals surface area contributed by atoms with E-state index in [9.17, 15) is 4.79 Å². The highest BCUT2D eigenvalue weighted by atomic mass is 16.2. The SMILES string of the molecule is CC(C)(C)c1ccc(C(=O)N2CCC2)cn1. The minimum Gasteiger partial charge on any atom is -0.338 e. The Hall–Kier alpha value is -1.38. The number of hydrogen-bond donors (Lipinski definition) is 0. The van der Waals surface area contributed by atoms with Crippen molar-refractivity contribution in [3.63, 3.8) is 0 Å². The molecule has 1 aliphatic rings. The number of rotatable bonds is 1. The molecule has 0 aromatic carbocycles. The molecule has 2 rings (SSSR count). The van der Waals surface area contributed by atoms with Crippen molar-refractivity contribution < 1.29 is 4.79 Å². The van der Waals surface area contributed by atoms with Gasteiger partial charge in [-0.15, -0.1) is 0 Å². The van der Waals surface area contributed by atoms with E-state index in [2.05, 4.69) is 25.8 Å². The maximum Gasteiger partial charge on any atom is 0.255 e. The standard InChI is InChI=1S/C13H18N2O/c1-13(2,3)11-6-5-10(9-14-11)12(16)15-7-4-8-15/h5-6,9H,4,7-8H2,1-3H3. The van der Waals surface area contributed by atoms with E-state index in [4.69, 9.17) is 0 Å². The fourth-order valence-electron chi connectivity index (χ4n) is 1.67. The minimum atomic E-state index is 0.0400. The average molecular weight is 218 g/mol. The van der Waals surface area contributed by atoms with E-state index in [0.29, 0.717) is 5.56 Å². The van der Waals surface area contributed by atoms with Gasteiger partial charge in [0.2, 0.25) is 0 Å². The van der Waals surface area contributed by atoms with Crippen molar-refractivity contribution in [1.29, 1.82) is 0 Å². The van der Waals surface area contributed by atoms with Gasteiger partial charge < -0.3 is 4.90 Å². The number of carbonyl (C=O) groups is 1. The predicted molar refractivity (Wildman–Crippen MR) is 63.5 cm³/mol. The summed E-state index contributed by atoms with van der Waals surface area (Å²) in [5.41, 5.74) is 1.76. The van der Waals surface area contributed by atoms with Crippen molar-refractivity contribution in [1.82, 2.24) is 9.88 Å². The molecule has 0 atom stereocenters. The van der Waals surface area contributed by atoms with Crippen molar-refractivity contribution in [2.75, 3.05) is 13.1 Å². The zero-order valence-electron chi connectivity index (χ0n) is 10.2. The lowest BCUT2D eigenvalue weighted by Crippen LogP contribution is -2.42. The summed E-state index contributed by atoms with van der Waals surface area (Å²) in [5, 5.41) is 0. The molecule has 1 aromatic heterocycles. The molecule has 16 heavy (non-hydrogen) atoms. The normalized spacial score (nSPS) is 15.8. The highest BCUT2D eigenvalue weighted by Gasteiger charge is 2.22. The molecule has 0 spiro atoms. The number of carbonyl (C=O) groups excluding carboxylic acids is 1. The second kappa shape index (κ2) is 3.89. The third-order valence-electron chi connectivity index (χ3n) is 2.92. The van der Waals surface area contributed by atoms with Gasteiger partial charge in [-0.25, -0.2) is 0 Å². The molecule has 0 aliphatic carbocycles. The van der Waals surface area contributed by atoms with Gasteiger partial charge >= 0.3 is 0 Å². The van der Waals surface area contributed by atoms with Crippen molar-refractivity contribution in [3.05, 3.63) is 29.6 Å². The van der Waals surface area contributed by atoms with Crippen LogP contribution in [0.25, 0.3) is 0 Å². The molecule has 1 fully saturated rings. The molecule has 1 saturated heterocycles. The third kappa shape index (κ3) is 2.08. The quantitative estimate of drug-likeness (QED) is 0.724. The summed E-state index contributed by atoms with van der Waals surface area (Å²) >= 11 is 0. The molecule has 86 valence electrons. The van der Waals surface area contributed by atoms with Crippen LogP contribution in [0.5, 0.6) is 0 Å². The number of hydrogen-bond acceptors (Lipinski definition) is 2. The largest absolute Gasteiger partial charge is 0.338 e. The molecular weight excluding hydrogens is 200 g/mol. The van der Waals surface area contributed by atoms with E-state index >= 15 is 0 Å². The molecule has 0 unspecified atom stereocenters. The van der Waals surface area contributed by atoms with Crippen LogP contribution in [0.4, 0.5) is 0 Å². The number of amides is 1. The van der Waals surface area contributed by atoms with E-state index in [0.717, 1.165) is 25.2 Å². The Morgan fingerprint density at radius 3 is 2.38 bits per heavy atom. The molecular formula is C13H18N2O. The lowest BCUT2D eigenvalue weighted by molar-refractivity contribution is 0.0651. The average Bonchev–Trinajstić information content (AvgIpc) is 2.14. The summed E-state index contributed by atoms with van der Waals surface area (Å²) in [6, 6.07) is 3.83. The molecule has 3 heteroatoms. The first-order chi connectivity index (χ1) is 7.48. The third-order valence-corrected chi connectivity index (χ3v) is 2.92. The molecule has 1 aromatic rings. The van der Waals surface area contributed by atoms with Crippen molar-refractivity contribution in [3.8, 4) is 0 Å². The zero-order valence-corrected chi connectivity index (χ0v) is 10.2. The Morgan fingerprint density at radius 1 is 1.31 bits per heavy atom. The Bertz CT molecular complexity index is 385. The molecule has 0 bridgehead atoms. The lowest BCUT2D eigenvalue weighted by Gasteiger charge is -2.30. The van der Waals surface area contributed by atoms with Crippen LogP contribution in [0.15, 0.2) is 18.3 Å². The summed E-state index contributed by atoms with van der Waals surface area (Å²) in [6.45, 7) is 8.13.